The fraction of sp³-hybridized carbons (Fsp3) is 0.533. The van der Waals surface area contributed by atoms with Gasteiger partial charge >= 0.3 is 0 Å². The van der Waals surface area contributed by atoms with E-state index in [1.54, 1.807) is 0 Å². The van der Waals surface area contributed by atoms with Gasteiger partial charge in [0, 0.05) is 32.2 Å². The molecule has 1 saturated heterocycles. The van der Waals surface area contributed by atoms with E-state index in [2.05, 4.69) is 22.8 Å². The fourth-order valence-corrected chi connectivity index (χ4v) is 2.29. The molecule has 4 nitrogen and oxygen atoms in total. The molecule has 1 aliphatic rings. The van der Waals surface area contributed by atoms with Crippen molar-refractivity contribution in [3.8, 4) is 0 Å². The zero-order valence-corrected chi connectivity index (χ0v) is 11.4. The van der Waals surface area contributed by atoms with Crippen LogP contribution in [0.3, 0.4) is 0 Å². The van der Waals surface area contributed by atoms with Crippen molar-refractivity contribution in [2.24, 2.45) is 0 Å². The first kappa shape index (κ1) is 14.0. The summed E-state index contributed by atoms with van der Waals surface area (Å²) in [5, 5.41) is 6.37. The van der Waals surface area contributed by atoms with E-state index in [1.165, 1.54) is 11.1 Å². The highest BCUT2D eigenvalue weighted by atomic mass is 16.5. The van der Waals surface area contributed by atoms with E-state index in [-0.39, 0.29) is 11.9 Å². The van der Waals surface area contributed by atoms with Crippen molar-refractivity contribution in [3.05, 3.63) is 35.4 Å². The van der Waals surface area contributed by atoms with Crippen LogP contribution in [-0.4, -0.2) is 25.1 Å². The molecule has 1 aromatic carbocycles. The molecule has 0 aromatic heterocycles. The van der Waals surface area contributed by atoms with Crippen molar-refractivity contribution in [2.45, 2.75) is 39.0 Å². The van der Waals surface area contributed by atoms with E-state index in [4.69, 9.17) is 4.74 Å². The Labute approximate surface area is 114 Å². The maximum atomic E-state index is 11.1. The van der Waals surface area contributed by atoms with Crippen molar-refractivity contribution in [3.63, 3.8) is 0 Å². The van der Waals surface area contributed by atoms with Gasteiger partial charge in [-0.05, 0) is 24.5 Å². The molecule has 0 radical (unpaired) electrons. The van der Waals surface area contributed by atoms with Gasteiger partial charge < -0.3 is 15.4 Å². The van der Waals surface area contributed by atoms with Crippen LogP contribution in [0.5, 0.6) is 0 Å². The van der Waals surface area contributed by atoms with Gasteiger partial charge in [-0.2, -0.15) is 0 Å². The Balaban J connectivity index is 1.80. The van der Waals surface area contributed by atoms with Gasteiger partial charge in [0.2, 0.25) is 5.91 Å². The molecule has 1 aliphatic heterocycles. The molecule has 4 heteroatoms. The van der Waals surface area contributed by atoms with Crippen molar-refractivity contribution < 1.29 is 9.53 Å². The van der Waals surface area contributed by atoms with Crippen molar-refractivity contribution >= 4 is 5.91 Å². The molecule has 1 atom stereocenters. The summed E-state index contributed by atoms with van der Waals surface area (Å²) >= 11 is 0. The molecule has 1 unspecified atom stereocenters. The Hall–Kier alpha value is -1.39. The molecule has 2 rings (SSSR count). The monoisotopic (exact) mass is 262 g/mol. The summed E-state index contributed by atoms with van der Waals surface area (Å²) in [7, 11) is 0. The Morgan fingerprint density at radius 3 is 2.84 bits per heavy atom. The fourth-order valence-electron chi connectivity index (χ4n) is 2.29. The zero-order valence-electron chi connectivity index (χ0n) is 11.4. The Kier molecular flexibility index (Phi) is 5.36. The first-order valence-electron chi connectivity index (χ1n) is 6.94. The third-order valence-electron chi connectivity index (χ3n) is 3.37. The van der Waals surface area contributed by atoms with Crippen molar-refractivity contribution in [1.82, 2.24) is 10.6 Å². The van der Waals surface area contributed by atoms with E-state index >= 15 is 0 Å². The van der Waals surface area contributed by atoms with Crippen molar-refractivity contribution in [2.75, 3.05) is 13.2 Å². The maximum absolute atomic E-state index is 11.1. The SMILES string of the molecule is CCOCc1ccccc1CNCC1CCC(=O)N1. The molecule has 104 valence electrons. The molecule has 0 aliphatic carbocycles. The number of amides is 1. The minimum atomic E-state index is 0.170. The summed E-state index contributed by atoms with van der Waals surface area (Å²) in [4.78, 5) is 11.1. The minimum Gasteiger partial charge on any atom is -0.377 e. The van der Waals surface area contributed by atoms with Crippen LogP contribution >= 0.6 is 0 Å². The Bertz CT molecular complexity index is 420. The van der Waals surface area contributed by atoms with Crippen LogP contribution in [0.25, 0.3) is 0 Å². The lowest BCUT2D eigenvalue weighted by molar-refractivity contribution is -0.119. The van der Waals surface area contributed by atoms with Crippen LogP contribution in [0.2, 0.25) is 0 Å². The van der Waals surface area contributed by atoms with Crippen LogP contribution in [0.4, 0.5) is 0 Å². The molecule has 1 amide bonds. The molecule has 1 aromatic rings. The minimum absolute atomic E-state index is 0.170. The molecular weight excluding hydrogens is 240 g/mol. The van der Waals surface area contributed by atoms with Gasteiger partial charge in [-0.3, -0.25) is 4.79 Å². The number of ether oxygens (including phenoxy) is 1. The molecule has 0 saturated carbocycles. The standard InChI is InChI=1S/C15H22N2O2/c1-2-19-11-13-6-4-3-5-12(13)9-16-10-14-7-8-15(18)17-14/h3-6,14,16H,2,7-11H2,1H3,(H,17,18). The quantitative estimate of drug-likeness (QED) is 0.784. The molecule has 0 bridgehead atoms. The molecule has 1 fully saturated rings. The normalized spacial score (nSPS) is 18.6. The predicted octanol–water partition coefficient (Wildman–Crippen LogP) is 1.59. The van der Waals surface area contributed by atoms with Gasteiger partial charge in [0.15, 0.2) is 0 Å². The van der Waals surface area contributed by atoms with Crippen LogP contribution < -0.4 is 10.6 Å². The van der Waals surface area contributed by atoms with Gasteiger partial charge in [0.05, 0.1) is 6.61 Å². The third kappa shape index (κ3) is 4.33. The highest BCUT2D eigenvalue weighted by molar-refractivity contribution is 5.78. The Morgan fingerprint density at radius 1 is 1.37 bits per heavy atom. The zero-order chi connectivity index (χ0) is 13.5. The second kappa shape index (κ2) is 7.26. The molecule has 2 N–H and O–H groups in total. The summed E-state index contributed by atoms with van der Waals surface area (Å²) in [5.74, 6) is 0.170. The molecular formula is C15H22N2O2. The van der Waals surface area contributed by atoms with Crippen LogP contribution in [0, 0.1) is 0 Å². The smallest absolute Gasteiger partial charge is 0.220 e. The highest BCUT2D eigenvalue weighted by Gasteiger charge is 2.19. The van der Waals surface area contributed by atoms with Crippen molar-refractivity contribution in [1.29, 1.82) is 0 Å². The third-order valence-corrected chi connectivity index (χ3v) is 3.37. The number of benzene rings is 1. The number of nitrogens with one attached hydrogen (secondary N) is 2. The van der Waals surface area contributed by atoms with E-state index < -0.39 is 0 Å². The van der Waals surface area contributed by atoms with Gasteiger partial charge in [0.1, 0.15) is 0 Å². The summed E-state index contributed by atoms with van der Waals surface area (Å²) in [5.41, 5.74) is 2.49. The largest absolute Gasteiger partial charge is 0.377 e. The summed E-state index contributed by atoms with van der Waals surface area (Å²) < 4.78 is 5.47. The summed E-state index contributed by atoms with van der Waals surface area (Å²) in [6.45, 7) is 5.04. The lowest BCUT2D eigenvalue weighted by atomic mass is 10.1. The topological polar surface area (TPSA) is 50.4 Å². The highest BCUT2D eigenvalue weighted by Crippen LogP contribution is 2.10. The second-order valence-electron chi connectivity index (χ2n) is 4.84. The van der Waals surface area contributed by atoms with Crippen LogP contribution in [0.1, 0.15) is 30.9 Å². The lowest BCUT2D eigenvalue weighted by Gasteiger charge is -2.13. The van der Waals surface area contributed by atoms with Crippen LogP contribution in [0.15, 0.2) is 24.3 Å². The number of hydrogen-bond acceptors (Lipinski definition) is 3. The van der Waals surface area contributed by atoms with Crippen LogP contribution in [-0.2, 0) is 22.7 Å². The first-order valence-corrected chi connectivity index (χ1v) is 6.94. The predicted molar refractivity (Wildman–Crippen MR) is 74.6 cm³/mol. The number of rotatable bonds is 7. The van der Waals surface area contributed by atoms with E-state index in [9.17, 15) is 4.79 Å². The van der Waals surface area contributed by atoms with E-state index in [0.717, 1.165) is 26.1 Å². The first-order chi connectivity index (χ1) is 9.29. The Morgan fingerprint density at radius 2 is 2.16 bits per heavy atom. The lowest BCUT2D eigenvalue weighted by Crippen LogP contribution is -2.35. The van der Waals surface area contributed by atoms with Gasteiger partial charge in [-0.25, -0.2) is 0 Å². The summed E-state index contributed by atoms with van der Waals surface area (Å²) in [6.07, 6.45) is 1.60. The molecule has 0 spiro atoms. The average molecular weight is 262 g/mol. The van der Waals surface area contributed by atoms with Gasteiger partial charge in [0.25, 0.3) is 0 Å². The van der Waals surface area contributed by atoms with E-state index in [0.29, 0.717) is 13.0 Å². The number of hydrogen-bond donors (Lipinski definition) is 2. The average Bonchev–Trinajstić information content (AvgIpc) is 2.83. The molecule has 1 heterocycles. The number of carbonyl (C=O) groups is 1. The maximum Gasteiger partial charge on any atom is 0.220 e. The van der Waals surface area contributed by atoms with Gasteiger partial charge in [-0.15, -0.1) is 0 Å². The second-order valence-corrected chi connectivity index (χ2v) is 4.84. The van der Waals surface area contributed by atoms with Gasteiger partial charge in [-0.1, -0.05) is 24.3 Å². The number of carbonyl (C=O) groups excluding carboxylic acids is 1. The summed E-state index contributed by atoms with van der Waals surface area (Å²) in [6, 6.07) is 8.59. The van der Waals surface area contributed by atoms with E-state index in [1.807, 2.05) is 19.1 Å². The molecule has 19 heavy (non-hydrogen) atoms.